The van der Waals surface area contributed by atoms with Crippen LogP contribution in [0.4, 0.5) is 4.79 Å². The normalized spacial score (nSPS) is 18.8. The molecule has 1 saturated heterocycles. The molecule has 0 aliphatic carbocycles. The summed E-state index contributed by atoms with van der Waals surface area (Å²) in [6, 6.07) is 3.94. The first kappa shape index (κ1) is 17.0. The highest BCUT2D eigenvalue weighted by molar-refractivity contribution is 7.12. The van der Waals surface area contributed by atoms with Crippen molar-refractivity contribution >= 4 is 23.2 Å². The Bertz CT molecular complexity index is 522. The molecule has 0 saturated carbocycles. The summed E-state index contributed by atoms with van der Waals surface area (Å²) in [7, 11) is 1.94. The van der Waals surface area contributed by atoms with E-state index in [1.165, 1.54) is 11.3 Å². The average molecular weight is 324 g/mol. The summed E-state index contributed by atoms with van der Waals surface area (Å²) in [5.41, 5.74) is -0.476. The molecule has 0 bridgehead atoms. The molecule has 1 atom stereocenters. The second kappa shape index (κ2) is 6.79. The van der Waals surface area contributed by atoms with E-state index in [0.717, 1.165) is 11.3 Å². The molecule has 1 aromatic rings. The summed E-state index contributed by atoms with van der Waals surface area (Å²) in [6.45, 7) is 7.27. The first-order valence-electron chi connectivity index (χ1n) is 7.51. The van der Waals surface area contributed by atoms with Crippen molar-refractivity contribution in [1.82, 2.24) is 9.80 Å². The second-order valence-electron chi connectivity index (χ2n) is 6.68. The smallest absolute Gasteiger partial charge is 0.410 e. The molecule has 0 aromatic carbocycles. The molecule has 22 heavy (non-hydrogen) atoms. The Morgan fingerprint density at radius 2 is 2.18 bits per heavy atom. The van der Waals surface area contributed by atoms with E-state index in [2.05, 4.69) is 0 Å². The fourth-order valence-electron chi connectivity index (χ4n) is 2.46. The van der Waals surface area contributed by atoms with Crippen LogP contribution in [0, 0.1) is 0 Å². The fourth-order valence-corrected chi connectivity index (χ4v) is 3.12. The van der Waals surface area contributed by atoms with Crippen molar-refractivity contribution in [2.24, 2.45) is 0 Å². The van der Waals surface area contributed by atoms with Gasteiger partial charge in [0.2, 0.25) is 0 Å². The van der Waals surface area contributed by atoms with Crippen LogP contribution in [0.25, 0.3) is 0 Å². The maximum atomic E-state index is 12.1. The Morgan fingerprint density at radius 1 is 1.45 bits per heavy atom. The zero-order valence-electron chi connectivity index (χ0n) is 13.7. The first-order valence-corrected chi connectivity index (χ1v) is 8.39. The van der Waals surface area contributed by atoms with Crippen LogP contribution in [0.1, 0.15) is 36.9 Å². The molecule has 2 rings (SSSR count). The number of likely N-dealkylation sites (tertiary alicyclic amines) is 1. The standard InChI is InChI=1S/C16H24N2O3S/c1-16(2,3)21-15(20)18-8-7-12(10-18)17(4)11-13(19)14-6-5-9-22-14/h5-6,9,12H,7-8,10-11H2,1-4H3/t12-/m1/s1. The first-order chi connectivity index (χ1) is 10.3. The van der Waals surface area contributed by atoms with Gasteiger partial charge in [0.25, 0.3) is 0 Å². The summed E-state index contributed by atoms with van der Waals surface area (Å²) in [5.74, 6) is 0.133. The van der Waals surface area contributed by atoms with E-state index in [1.54, 1.807) is 4.90 Å². The minimum Gasteiger partial charge on any atom is -0.444 e. The molecule has 1 amide bonds. The van der Waals surface area contributed by atoms with Gasteiger partial charge >= 0.3 is 6.09 Å². The number of ketones is 1. The lowest BCUT2D eigenvalue weighted by molar-refractivity contribution is 0.0283. The van der Waals surface area contributed by atoms with Gasteiger partial charge in [-0.3, -0.25) is 9.69 Å². The lowest BCUT2D eigenvalue weighted by atomic mass is 10.2. The number of carbonyl (C=O) groups is 2. The number of Topliss-reactive ketones (excluding diaryl/α,β-unsaturated/α-hetero) is 1. The number of rotatable bonds is 4. The lowest BCUT2D eigenvalue weighted by Crippen LogP contribution is -2.40. The summed E-state index contributed by atoms with van der Waals surface area (Å²) in [5, 5.41) is 1.91. The molecule has 1 aromatic heterocycles. The van der Waals surface area contributed by atoms with Gasteiger partial charge in [-0.2, -0.15) is 0 Å². The quantitative estimate of drug-likeness (QED) is 0.799. The van der Waals surface area contributed by atoms with Crippen LogP contribution < -0.4 is 0 Å². The van der Waals surface area contributed by atoms with Gasteiger partial charge in [-0.05, 0) is 45.7 Å². The van der Waals surface area contributed by atoms with Crippen molar-refractivity contribution < 1.29 is 14.3 Å². The Kier molecular flexibility index (Phi) is 5.24. The van der Waals surface area contributed by atoms with E-state index >= 15 is 0 Å². The lowest BCUT2D eigenvalue weighted by Gasteiger charge is -2.26. The van der Waals surface area contributed by atoms with Gasteiger partial charge in [0.15, 0.2) is 5.78 Å². The number of amides is 1. The van der Waals surface area contributed by atoms with Crippen LogP contribution in [0.2, 0.25) is 0 Å². The molecular weight excluding hydrogens is 300 g/mol. The van der Waals surface area contributed by atoms with Gasteiger partial charge in [0.05, 0.1) is 11.4 Å². The monoisotopic (exact) mass is 324 g/mol. The van der Waals surface area contributed by atoms with E-state index < -0.39 is 5.60 Å². The number of ether oxygens (including phenoxy) is 1. The molecular formula is C16H24N2O3S. The Morgan fingerprint density at radius 3 is 2.77 bits per heavy atom. The molecule has 1 aliphatic rings. The molecule has 1 fully saturated rings. The van der Waals surface area contributed by atoms with Gasteiger partial charge in [-0.15, -0.1) is 11.3 Å². The minimum atomic E-state index is -0.476. The molecule has 0 N–H and O–H groups in total. The fraction of sp³-hybridized carbons (Fsp3) is 0.625. The Balaban J connectivity index is 1.84. The van der Waals surface area contributed by atoms with Crippen molar-refractivity contribution in [3.05, 3.63) is 22.4 Å². The SMILES string of the molecule is CN(CC(=O)c1cccs1)[C@@H]1CCN(C(=O)OC(C)(C)C)C1. The number of nitrogens with zero attached hydrogens (tertiary/aromatic N) is 2. The molecule has 1 aliphatic heterocycles. The van der Waals surface area contributed by atoms with Crippen molar-refractivity contribution in [2.75, 3.05) is 26.7 Å². The summed E-state index contributed by atoms with van der Waals surface area (Å²) in [6.07, 6.45) is 0.598. The van der Waals surface area contributed by atoms with Crippen molar-refractivity contribution in [1.29, 1.82) is 0 Å². The Labute approximate surface area is 135 Å². The highest BCUT2D eigenvalue weighted by atomic mass is 32.1. The summed E-state index contributed by atoms with van der Waals surface area (Å²) >= 11 is 1.47. The predicted octanol–water partition coefficient (Wildman–Crippen LogP) is 2.87. The van der Waals surface area contributed by atoms with E-state index in [4.69, 9.17) is 4.74 Å². The van der Waals surface area contributed by atoms with Crippen LogP contribution >= 0.6 is 11.3 Å². The number of hydrogen-bond donors (Lipinski definition) is 0. The third kappa shape index (κ3) is 4.55. The molecule has 2 heterocycles. The molecule has 5 nitrogen and oxygen atoms in total. The summed E-state index contributed by atoms with van der Waals surface area (Å²) < 4.78 is 5.39. The van der Waals surface area contributed by atoms with Gasteiger partial charge < -0.3 is 9.64 Å². The zero-order chi connectivity index (χ0) is 16.3. The van der Waals surface area contributed by atoms with Crippen LogP contribution in [-0.4, -0.2) is 60.0 Å². The van der Waals surface area contributed by atoms with Crippen molar-refractivity contribution in [3.8, 4) is 0 Å². The van der Waals surface area contributed by atoms with E-state index in [9.17, 15) is 9.59 Å². The number of carbonyl (C=O) groups excluding carboxylic acids is 2. The van der Waals surface area contributed by atoms with Crippen LogP contribution in [-0.2, 0) is 4.74 Å². The molecule has 0 spiro atoms. The van der Waals surface area contributed by atoms with Crippen molar-refractivity contribution in [2.45, 2.75) is 38.8 Å². The average Bonchev–Trinajstić information content (AvgIpc) is 3.08. The number of likely N-dealkylation sites (N-methyl/N-ethyl adjacent to an activating group) is 1. The van der Waals surface area contributed by atoms with Crippen LogP contribution in [0.3, 0.4) is 0 Å². The van der Waals surface area contributed by atoms with Gasteiger partial charge in [0, 0.05) is 19.1 Å². The van der Waals surface area contributed by atoms with Crippen LogP contribution in [0.5, 0.6) is 0 Å². The van der Waals surface area contributed by atoms with Gasteiger partial charge in [0.1, 0.15) is 5.60 Å². The predicted molar refractivity (Wildman–Crippen MR) is 87.5 cm³/mol. The van der Waals surface area contributed by atoms with E-state index in [0.29, 0.717) is 19.6 Å². The van der Waals surface area contributed by atoms with Gasteiger partial charge in [-0.25, -0.2) is 4.79 Å². The number of hydrogen-bond acceptors (Lipinski definition) is 5. The maximum Gasteiger partial charge on any atom is 0.410 e. The third-order valence-electron chi connectivity index (χ3n) is 3.63. The zero-order valence-corrected chi connectivity index (χ0v) is 14.5. The highest BCUT2D eigenvalue weighted by Crippen LogP contribution is 2.19. The van der Waals surface area contributed by atoms with E-state index in [1.807, 2.05) is 50.2 Å². The van der Waals surface area contributed by atoms with Gasteiger partial charge in [-0.1, -0.05) is 6.07 Å². The molecule has 0 unspecified atom stereocenters. The maximum absolute atomic E-state index is 12.1. The van der Waals surface area contributed by atoms with Crippen LogP contribution in [0.15, 0.2) is 17.5 Å². The largest absolute Gasteiger partial charge is 0.444 e. The van der Waals surface area contributed by atoms with E-state index in [-0.39, 0.29) is 17.9 Å². The Hall–Kier alpha value is -1.40. The summed E-state index contributed by atoms with van der Waals surface area (Å²) in [4.78, 5) is 28.7. The molecule has 122 valence electrons. The second-order valence-corrected chi connectivity index (χ2v) is 7.63. The number of thiophene rings is 1. The highest BCUT2D eigenvalue weighted by Gasteiger charge is 2.32. The van der Waals surface area contributed by atoms with Crippen molar-refractivity contribution in [3.63, 3.8) is 0 Å². The molecule has 6 heteroatoms. The minimum absolute atomic E-state index is 0.133. The molecule has 0 radical (unpaired) electrons. The topological polar surface area (TPSA) is 49.9 Å². The third-order valence-corrected chi connectivity index (χ3v) is 4.54.